The van der Waals surface area contributed by atoms with E-state index >= 15 is 0 Å². The van der Waals surface area contributed by atoms with E-state index in [1.807, 2.05) is 0 Å². The van der Waals surface area contributed by atoms with E-state index in [9.17, 15) is 0 Å². The van der Waals surface area contributed by atoms with Gasteiger partial charge in [0.05, 0.1) is 13.3 Å². The fraction of sp³-hybridized carbons (Fsp3) is 0.562. The molecule has 4 heteroatoms. The number of hydrogen-bond donors (Lipinski definition) is 1. The maximum atomic E-state index is 5.50. The van der Waals surface area contributed by atoms with Gasteiger partial charge in [0.2, 0.25) is 0 Å². The number of benzene rings is 1. The molecule has 0 radical (unpaired) electrons. The predicted octanol–water partition coefficient (Wildman–Crippen LogP) is 3.16. The van der Waals surface area contributed by atoms with Crippen molar-refractivity contribution in [3.8, 4) is 0 Å². The van der Waals surface area contributed by atoms with E-state index in [0.29, 0.717) is 0 Å². The minimum absolute atomic E-state index is 0.722. The summed E-state index contributed by atoms with van der Waals surface area (Å²) in [5.74, 6) is 0. The zero-order valence-electron chi connectivity index (χ0n) is 12.4. The van der Waals surface area contributed by atoms with E-state index in [4.69, 9.17) is 12.2 Å². The van der Waals surface area contributed by atoms with Crippen LogP contribution in [0.25, 0.3) is 0 Å². The minimum atomic E-state index is 0.722. The monoisotopic (exact) mass is 289 g/mol. The number of thiocarbonyl (C=S) groups is 1. The van der Waals surface area contributed by atoms with Gasteiger partial charge in [-0.1, -0.05) is 18.9 Å². The van der Waals surface area contributed by atoms with Gasteiger partial charge < -0.3 is 10.2 Å². The lowest BCUT2D eigenvalue weighted by Gasteiger charge is -2.41. The van der Waals surface area contributed by atoms with E-state index in [1.54, 1.807) is 0 Å². The van der Waals surface area contributed by atoms with Crippen molar-refractivity contribution in [3.63, 3.8) is 0 Å². The lowest BCUT2D eigenvalue weighted by molar-refractivity contribution is 0.188. The van der Waals surface area contributed by atoms with Crippen molar-refractivity contribution in [2.45, 2.75) is 45.6 Å². The van der Waals surface area contributed by atoms with Crippen LogP contribution in [-0.2, 0) is 0 Å². The third kappa shape index (κ3) is 2.67. The van der Waals surface area contributed by atoms with Crippen LogP contribution in [0.3, 0.4) is 0 Å². The van der Waals surface area contributed by atoms with Crippen LogP contribution < -0.4 is 10.2 Å². The first-order valence-electron chi connectivity index (χ1n) is 7.52. The molecule has 0 amide bonds. The third-order valence-electron chi connectivity index (χ3n) is 4.64. The molecule has 0 aromatic heterocycles. The molecule has 1 aromatic carbocycles. The zero-order chi connectivity index (χ0) is 14.1. The highest BCUT2D eigenvalue weighted by molar-refractivity contribution is 7.80. The van der Waals surface area contributed by atoms with Crippen molar-refractivity contribution in [3.05, 3.63) is 29.3 Å². The van der Waals surface area contributed by atoms with Crippen LogP contribution in [0.2, 0.25) is 0 Å². The van der Waals surface area contributed by atoms with E-state index in [0.717, 1.165) is 24.5 Å². The summed E-state index contributed by atoms with van der Waals surface area (Å²) in [4.78, 5) is 4.75. The summed E-state index contributed by atoms with van der Waals surface area (Å²) in [5.41, 5.74) is 3.86. The van der Waals surface area contributed by atoms with Crippen molar-refractivity contribution >= 4 is 23.0 Å². The molecule has 2 aliphatic rings. The third-order valence-corrected chi connectivity index (χ3v) is 5.01. The standard InChI is InChI=1S/C16H23N3S/c1-12-7-8-15(9-13(12)2)19-11-18(10-17-16(19)20)14-5-3-4-6-14/h7-9,14H,3-6,10-11H2,1-2H3,(H,17,20). The Morgan fingerprint density at radius 1 is 1.15 bits per heavy atom. The van der Waals surface area contributed by atoms with Crippen molar-refractivity contribution < 1.29 is 0 Å². The summed E-state index contributed by atoms with van der Waals surface area (Å²) in [6.45, 7) is 6.12. The fourth-order valence-corrected chi connectivity index (χ4v) is 3.39. The molecule has 1 saturated carbocycles. The van der Waals surface area contributed by atoms with Crippen LogP contribution in [0.5, 0.6) is 0 Å². The molecule has 0 spiro atoms. The molecule has 0 unspecified atom stereocenters. The number of anilines is 1. The molecule has 1 saturated heterocycles. The molecule has 3 rings (SSSR count). The number of nitrogens with zero attached hydrogens (tertiary/aromatic N) is 2. The van der Waals surface area contributed by atoms with Crippen molar-refractivity contribution in [2.75, 3.05) is 18.2 Å². The normalized spacial score (nSPS) is 21.3. The maximum Gasteiger partial charge on any atom is 0.175 e. The summed E-state index contributed by atoms with van der Waals surface area (Å²) in [5, 5.41) is 4.22. The van der Waals surface area contributed by atoms with E-state index < -0.39 is 0 Å². The number of aryl methyl sites for hydroxylation is 2. The Kier molecular flexibility index (Phi) is 3.94. The smallest absolute Gasteiger partial charge is 0.175 e. The second kappa shape index (κ2) is 5.70. The highest BCUT2D eigenvalue weighted by Gasteiger charge is 2.29. The summed E-state index contributed by atoms with van der Waals surface area (Å²) in [6.07, 6.45) is 5.40. The molecule has 0 atom stereocenters. The van der Waals surface area contributed by atoms with Crippen LogP contribution in [0, 0.1) is 13.8 Å². The van der Waals surface area contributed by atoms with Crippen LogP contribution in [0.1, 0.15) is 36.8 Å². The van der Waals surface area contributed by atoms with E-state index in [-0.39, 0.29) is 0 Å². The molecule has 0 bridgehead atoms. The van der Waals surface area contributed by atoms with Crippen molar-refractivity contribution in [1.29, 1.82) is 0 Å². The summed E-state index contributed by atoms with van der Waals surface area (Å²) < 4.78 is 0. The summed E-state index contributed by atoms with van der Waals surface area (Å²) >= 11 is 5.50. The van der Waals surface area contributed by atoms with Gasteiger partial charge in [0, 0.05) is 11.7 Å². The van der Waals surface area contributed by atoms with Gasteiger partial charge in [-0.3, -0.25) is 4.90 Å². The second-order valence-electron chi connectivity index (χ2n) is 6.01. The summed E-state index contributed by atoms with van der Waals surface area (Å²) in [7, 11) is 0. The molecular formula is C16H23N3S. The average molecular weight is 289 g/mol. The summed E-state index contributed by atoms with van der Waals surface area (Å²) in [6, 6.07) is 7.32. The van der Waals surface area contributed by atoms with Gasteiger partial charge in [-0.2, -0.15) is 0 Å². The molecular weight excluding hydrogens is 266 g/mol. The SMILES string of the molecule is Cc1ccc(N2CN(C3CCCC3)CNC2=S)cc1C. The number of rotatable bonds is 2. The van der Waals surface area contributed by atoms with Gasteiger partial charge in [0.1, 0.15) is 0 Å². The lowest BCUT2D eigenvalue weighted by Crippen LogP contribution is -2.58. The number of nitrogens with one attached hydrogen (secondary N) is 1. The molecule has 1 aromatic rings. The van der Waals surface area contributed by atoms with Crippen LogP contribution in [-0.4, -0.2) is 29.4 Å². The molecule has 108 valence electrons. The largest absolute Gasteiger partial charge is 0.349 e. The first kappa shape index (κ1) is 13.8. The van der Waals surface area contributed by atoms with Gasteiger partial charge in [0.25, 0.3) is 0 Å². The van der Waals surface area contributed by atoms with Gasteiger partial charge in [-0.25, -0.2) is 0 Å². The Labute approximate surface area is 126 Å². The molecule has 20 heavy (non-hydrogen) atoms. The fourth-order valence-electron chi connectivity index (χ4n) is 3.17. The van der Waals surface area contributed by atoms with Gasteiger partial charge >= 0.3 is 0 Å². The van der Waals surface area contributed by atoms with Crippen molar-refractivity contribution in [2.24, 2.45) is 0 Å². The van der Waals surface area contributed by atoms with Crippen LogP contribution in [0.15, 0.2) is 18.2 Å². The molecule has 3 nitrogen and oxygen atoms in total. The molecule has 2 fully saturated rings. The quantitative estimate of drug-likeness (QED) is 0.843. The highest BCUT2D eigenvalue weighted by Crippen LogP contribution is 2.26. The maximum absolute atomic E-state index is 5.50. The Hall–Kier alpha value is -1.13. The highest BCUT2D eigenvalue weighted by atomic mass is 32.1. The van der Waals surface area contributed by atoms with E-state index in [2.05, 4.69) is 47.2 Å². The second-order valence-corrected chi connectivity index (χ2v) is 6.39. The lowest BCUT2D eigenvalue weighted by atomic mass is 10.1. The predicted molar refractivity (Wildman–Crippen MR) is 88.0 cm³/mol. The molecule has 1 aliphatic heterocycles. The first-order chi connectivity index (χ1) is 9.65. The first-order valence-corrected chi connectivity index (χ1v) is 7.92. The van der Waals surface area contributed by atoms with Crippen molar-refractivity contribution in [1.82, 2.24) is 10.2 Å². The minimum Gasteiger partial charge on any atom is -0.349 e. The van der Waals surface area contributed by atoms with Crippen LogP contribution in [0.4, 0.5) is 5.69 Å². The van der Waals surface area contributed by atoms with Gasteiger partial charge in [-0.15, -0.1) is 0 Å². The topological polar surface area (TPSA) is 18.5 Å². The Morgan fingerprint density at radius 2 is 1.90 bits per heavy atom. The average Bonchev–Trinajstić information content (AvgIpc) is 2.97. The Balaban J connectivity index is 1.79. The number of hydrogen-bond acceptors (Lipinski definition) is 2. The molecule has 1 heterocycles. The molecule has 1 N–H and O–H groups in total. The zero-order valence-corrected chi connectivity index (χ0v) is 13.2. The van der Waals surface area contributed by atoms with E-state index in [1.165, 1.54) is 42.5 Å². The van der Waals surface area contributed by atoms with Gasteiger partial charge in [0.15, 0.2) is 5.11 Å². The van der Waals surface area contributed by atoms with Crippen LogP contribution >= 0.6 is 12.2 Å². The Bertz CT molecular complexity index is 508. The van der Waals surface area contributed by atoms with Gasteiger partial charge in [-0.05, 0) is 62.2 Å². The molecule has 1 aliphatic carbocycles. The Morgan fingerprint density at radius 3 is 2.60 bits per heavy atom.